The zero-order valence-electron chi connectivity index (χ0n) is 24.4. The van der Waals surface area contributed by atoms with Crippen molar-refractivity contribution in [2.24, 2.45) is 11.8 Å². The van der Waals surface area contributed by atoms with Crippen molar-refractivity contribution in [1.29, 1.82) is 0 Å². The minimum atomic E-state index is -1.99. The summed E-state index contributed by atoms with van der Waals surface area (Å²) >= 11 is 0. The number of aliphatic hydroxyl groups excluding tert-OH is 1. The monoisotopic (exact) mass is 617 g/mol. The molecule has 0 radical (unpaired) electrons. The number of aliphatic carboxylic acids is 2. The Morgan fingerprint density at radius 1 is 1.16 bits per heavy atom. The highest BCUT2D eigenvalue weighted by Crippen LogP contribution is 2.68. The van der Waals surface area contributed by atoms with E-state index in [2.05, 4.69) is 6.92 Å². The van der Waals surface area contributed by atoms with Crippen LogP contribution in [0.25, 0.3) is 0 Å². The Morgan fingerprint density at radius 3 is 2.55 bits per heavy atom. The van der Waals surface area contributed by atoms with Crippen molar-refractivity contribution in [1.82, 2.24) is 5.32 Å². The van der Waals surface area contributed by atoms with Crippen molar-refractivity contribution in [2.45, 2.75) is 87.7 Å². The third-order valence-electron chi connectivity index (χ3n) is 9.46. The molecule has 8 atom stereocenters. The molecule has 1 aromatic rings. The summed E-state index contributed by atoms with van der Waals surface area (Å²) in [5.74, 6) is -5.24. The van der Waals surface area contributed by atoms with Gasteiger partial charge >= 0.3 is 23.9 Å². The number of methoxy groups -OCH3 is 1. The Balaban J connectivity index is 1.28. The predicted molar refractivity (Wildman–Crippen MR) is 146 cm³/mol. The maximum atomic E-state index is 13.0. The topological polar surface area (TPSA) is 215 Å². The normalized spacial score (nSPS) is 29.5. The smallest absolute Gasteiger partial charge is 0.340 e. The molecular weight excluding hydrogens is 582 g/mol. The number of benzene rings is 1. The minimum Gasteiger partial charge on any atom is -0.493 e. The van der Waals surface area contributed by atoms with Gasteiger partial charge in [-0.25, -0.2) is 9.59 Å². The lowest BCUT2D eigenvalue weighted by Crippen LogP contribution is -2.69. The molecule has 1 fully saturated rings. The fraction of sp³-hybridized carbons (Fsp3) is 0.567. The average Bonchev–Trinajstić information content (AvgIpc) is 3.31. The molecule has 0 aromatic heterocycles. The highest BCUT2D eigenvalue weighted by atomic mass is 16.6. The Morgan fingerprint density at radius 2 is 1.89 bits per heavy atom. The van der Waals surface area contributed by atoms with Gasteiger partial charge in [0.05, 0.1) is 31.0 Å². The number of hydrogen-bond acceptors (Lipinski definition) is 11. The number of esters is 2. The predicted octanol–water partition coefficient (Wildman–Crippen LogP) is 0.585. The summed E-state index contributed by atoms with van der Waals surface area (Å²) in [6, 6.07) is 2.03. The molecule has 5 N–H and O–H groups in total. The lowest BCUT2D eigenvalue weighted by molar-refractivity contribution is -0.174. The highest BCUT2D eigenvalue weighted by Gasteiger charge is 2.72. The van der Waals surface area contributed by atoms with E-state index in [0.717, 1.165) is 24.5 Å². The second kappa shape index (κ2) is 11.4. The van der Waals surface area contributed by atoms with Gasteiger partial charge in [0.15, 0.2) is 29.8 Å². The first kappa shape index (κ1) is 31.3. The molecule has 3 aliphatic carbocycles. The van der Waals surface area contributed by atoms with Crippen LogP contribution in [0.3, 0.4) is 0 Å². The first-order valence-corrected chi connectivity index (χ1v) is 14.4. The van der Waals surface area contributed by atoms with Crippen LogP contribution in [0.15, 0.2) is 24.0 Å². The van der Waals surface area contributed by atoms with Crippen molar-refractivity contribution in [3.63, 3.8) is 0 Å². The lowest BCUT2D eigenvalue weighted by Gasteiger charge is -2.61. The van der Waals surface area contributed by atoms with Crippen LogP contribution in [-0.4, -0.2) is 87.3 Å². The van der Waals surface area contributed by atoms with Gasteiger partial charge in [-0.3, -0.25) is 14.4 Å². The number of hydrogen-bond donors (Lipinski definition) is 5. The van der Waals surface area contributed by atoms with E-state index >= 15 is 0 Å². The van der Waals surface area contributed by atoms with Gasteiger partial charge in [-0.2, -0.15) is 0 Å². The molecule has 14 heteroatoms. The third-order valence-corrected chi connectivity index (χ3v) is 9.46. The number of amides is 1. The number of carboxylic acid groups (broad SMARTS) is 2. The molecule has 2 bridgehead atoms. The van der Waals surface area contributed by atoms with Crippen LogP contribution in [0, 0.1) is 11.8 Å². The van der Waals surface area contributed by atoms with Crippen molar-refractivity contribution in [3.8, 4) is 11.5 Å². The fourth-order valence-corrected chi connectivity index (χ4v) is 7.35. The largest absolute Gasteiger partial charge is 0.493 e. The van der Waals surface area contributed by atoms with E-state index in [4.69, 9.17) is 29.2 Å². The van der Waals surface area contributed by atoms with E-state index in [9.17, 15) is 34.2 Å². The minimum absolute atomic E-state index is 0.0582. The van der Waals surface area contributed by atoms with Crippen LogP contribution in [0.5, 0.6) is 11.5 Å². The number of ether oxygens (including phenoxy) is 4. The quantitative estimate of drug-likeness (QED) is 0.215. The van der Waals surface area contributed by atoms with Crippen LogP contribution in [0.2, 0.25) is 0 Å². The van der Waals surface area contributed by atoms with Gasteiger partial charge < -0.3 is 44.7 Å². The molecule has 44 heavy (non-hydrogen) atoms. The van der Waals surface area contributed by atoms with Crippen LogP contribution >= 0.6 is 0 Å². The average molecular weight is 618 g/mol. The summed E-state index contributed by atoms with van der Waals surface area (Å²) in [6.45, 7) is 3.24. The lowest BCUT2D eigenvalue weighted by atomic mass is 9.45. The molecule has 1 aliphatic heterocycles. The first-order chi connectivity index (χ1) is 20.7. The van der Waals surface area contributed by atoms with Crippen LogP contribution in [0.4, 0.5) is 0 Å². The van der Waals surface area contributed by atoms with Gasteiger partial charge in [-0.15, -0.1) is 0 Å². The summed E-state index contributed by atoms with van der Waals surface area (Å²) < 4.78 is 22.5. The van der Waals surface area contributed by atoms with Crippen LogP contribution < -0.4 is 14.8 Å². The second-order valence-electron chi connectivity index (χ2n) is 11.9. The molecule has 1 unspecified atom stereocenters. The number of carboxylic acids is 2. The van der Waals surface area contributed by atoms with E-state index in [1.165, 1.54) is 7.11 Å². The Kier molecular flexibility index (Phi) is 8.10. The summed E-state index contributed by atoms with van der Waals surface area (Å²) in [6.07, 6.45) is -2.40. The maximum absolute atomic E-state index is 13.0. The van der Waals surface area contributed by atoms with Gasteiger partial charge in [-0.1, -0.05) is 13.0 Å². The molecule has 0 saturated heterocycles. The number of carbonyl (C=O) groups is 5. The number of rotatable bonds is 11. The van der Waals surface area contributed by atoms with Crippen molar-refractivity contribution >= 4 is 29.8 Å². The van der Waals surface area contributed by atoms with Gasteiger partial charge in [0.1, 0.15) is 11.8 Å². The molecule has 1 amide bonds. The Labute approximate surface area is 251 Å². The molecule has 1 saturated carbocycles. The zero-order valence-corrected chi connectivity index (χ0v) is 24.4. The van der Waals surface area contributed by atoms with Crippen molar-refractivity contribution < 1.29 is 63.3 Å². The Hall–Kier alpha value is -4.17. The van der Waals surface area contributed by atoms with Crippen LogP contribution in [-0.2, 0) is 45.3 Å². The molecule has 4 aliphatic rings. The number of aliphatic hydroxyl groups is 2. The van der Waals surface area contributed by atoms with E-state index in [1.54, 1.807) is 6.08 Å². The molecule has 1 heterocycles. The van der Waals surface area contributed by atoms with E-state index in [1.807, 2.05) is 17.4 Å². The molecule has 5 rings (SSSR count). The van der Waals surface area contributed by atoms with Gasteiger partial charge in [0.2, 0.25) is 0 Å². The summed E-state index contributed by atoms with van der Waals surface area (Å²) in [5.41, 5.74) is -0.193. The summed E-state index contributed by atoms with van der Waals surface area (Å²) in [7, 11) is 1.51. The molecule has 1 aromatic carbocycles. The van der Waals surface area contributed by atoms with Gasteiger partial charge in [0, 0.05) is 5.56 Å². The van der Waals surface area contributed by atoms with E-state index < -0.39 is 78.0 Å². The SMILES string of the molecule is COc1ccc2c3c1O[C@H]1C(OC(=O)[C@@H](O)CC(=O)O[C@@H](C)C(=O)N[C@H](CC(=O)O)C(=O)O)=CC[C@@]4(O)[C@@H](C2)C(C)CC[C@]314. The summed E-state index contributed by atoms with van der Waals surface area (Å²) in [4.78, 5) is 59.6. The van der Waals surface area contributed by atoms with Crippen LogP contribution in [0.1, 0.15) is 57.1 Å². The first-order valence-electron chi connectivity index (χ1n) is 14.4. The second-order valence-corrected chi connectivity index (χ2v) is 11.9. The Bertz CT molecular complexity index is 1440. The fourth-order valence-electron chi connectivity index (χ4n) is 7.35. The van der Waals surface area contributed by atoms with E-state index in [-0.39, 0.29) is 24.0 Å². The standard InChI is InChI=1S/C30H35NO13/c1-13-6-8-29-23-15-4-5-19(41-3)24(23)44-25(29)20(7-9-30(29,40)16(13)10-15)43-28(39)18(32)12-22(35)42-14(2)26(36)31-17(27(37)38)11-21(33)34/h4-5,7,13-14,16-18,25,32,40H,6,8-12H2,1-3H3,(H,31,36)(H,33,34)(H,37,38)/t13?,14-,16-,17+,18-,25-,29-,30+/m0/s1. The van der Waals surface area contributed by atoms with E-state index in [0.29, 0.717) is 24.3 Å². The zero-order chi connectivity index (χ0) is 32.1. The highest BCUT2D eigenvalue weighted by molar-refractivity contribution is 5.90. The number of nitrogens with one attached hydrogen (secondary N) is 1. The molecule has 14 nitrogen and oxygen atoms in total. The number of carbonyl (C=O) groups excluding carboxylic acids is 3. The molecular formula is C30H35NO13. The van der Waals surface area contributed by atoms with Gasteiger partial charge in [0.25, 0.3) is 5.91 Å². The summed E-state index contributed by atoms with van der Waals surface area (Å²) in [5, 5.41) is 42.6. The van der Waals surface area contributed by atoms with Crippen molar-refractivity contribution in [2.75, 3.05) is 7.11 Å². The van der Waals surface area contributed by atoms with Crippen molar-refractivity contribution in [3.05, 3.63) is 35.1 Å². The maximum Gasteiger partial charge on any atom is 0.340 e. The molecule has 1 spiro atoms. The third kappa shape index (κ3) is 4.95. The van der Waals surface area contributed by atoms with Gasteiger partial charge in [-0.05, 0) is 62.1 Å². The molecule has 238 valence electrons.